The van der Waals surface area contributed by atoms with Crippen molar-refractivity contribution in [2.45, 2.75) is 50.7 Å². The summed E-state index contributed by atoms with van der Waals surface area (Å²) in [5.41, 5.74) is -0.581. The van der Waals surface area contributed by atoms with E-state index >= 15 is 0 Å². The highest BCUT2D eigenvalue weighted by atomic mass is 32.1. The Kier molecular flexibility index (Phi) is 7.22. The number of unbranched alkanes of at least 4 members (excludes halogenated alkanes) is 2. The van der Waals surface area contributed by atoms with E-state index in [2.05, 4.69) is 13.8 Å². The van der Waals surface area contributed by atoms with Crippen LogP contribution in [0.25, 0.3) is 0 Å². The van der Waals surface area contributed by atoms with Gasteiger partial charge in [-0.25, -0.2) is 0 Å². The molecule has 36 heavy (non-hydrogen) atoms. The summed E-state index contributed by atoms with van der Waals surface area (Å²) in [5, 5.41) is 29.5. The van der Waals surface area contributed by atoms with Crippen LogP contribution in [-0.2, 0) is 11.2 Å². The molecule has 5 rings (SSSR count). The molecule has 0 spiro atoms. The van der Waals surface area contributed by atoms with Gasteiger partial charge >= 0.3 is 0 Å². The Balaban J connectivity index is 1.87. The van der Waals surface area contributed by atoms with Gasteiger partial charge < -0.3 is 19.7 Å². The lowest BCUT2D eigenvalue weighted by atomic mass is 9.66. The van der Waals surface area contributed by atoms with E-state index in [0.717, 1.165) is 35.4 Å². The molecule has 0 saturated heterocycles. The normalized spacial score (nSPS) is 20.6. The van der Waals surface area contributed by atoms with Gasteiger partial charge in [-0.3, -0.25) is 0 Å². The highest BCUT2D eigenvalue weighted by Gasteiger charge is 2.55. The van der Waals surface area contributed by atoms with Gasteiger partial charge in [0.05, 0.1) is 13.2 Å². The maximum atomic E-state index is 12.8. The van der Waals surface area contributed by atoms with Gasteiger partial charge in [0.15, 0.2) is 11.2 Å². The highest BCUT2D eigenvalue weighted by molar-refractivity contribution is 7.10. The van der Waals surface area contributed by atoms with Gasteiger partial charge in [-0.05, 0) is 47.9 Å². The molecule has 0 aliphatic heterocycles. The van der Waals surface area contributed by atoms with Crippen LogP contribution >= 0.6 is 22.7 Å². The molecule has 0 amide bonds. The second-order valence-electron chi connectivity index (χ2n) is 9.14. The first-order valence-electron chi connectivity index (χ1n) is 12.6. The van der Waals surface area contributed by atoms with E-state index in [9.17, 15) is 10.2 Å². The first-order valence-corrected chi connectivity index (χ1v) is 14.4. The molecule has 1 aliphatic carbocycles. The van der Waals surface area contributed by atoms with Crippen molar-refractivity contribution in [2.75, 3.05) is 13.2 Å². The van der Waals surface area contributed by atoms with Crippen LogP contribution in [0.3, 0.4) is 0 Å². The molecule has 2 heterocycles. The predicted molar refractivity (Wildman–Crippen MR) is 147 cm³/mol. The molecule has 188 valence electrons. The molecule has 1 aliphatic rings. The van der Waals surface area contributed by atoms with Gasteiger partial charge in [0.1, 0.15) is 11.5 Å². The van der Waals surface area contributed by atoms with Crippen LogP contribution in [0.5, 0.6) is 11.5 Å². The number of benzene rings is 2. The minimum atomic E-state index is -1.50. The summed E-state index contributed by atoms with van der Waals surface area (Å²) in [5.74, 6) is 1.14. The number of hydrogen-bond acceptors (Lipinski definition) is 6. The lowest BCUT2D eigenvalue weighted by molar-refractivity contribution is 0.0722. The van der Waals surface area contributed by atoms with Crippen LogP contribution in [-0.4, -0.2) is 23.4 Å². The summed E-state index contributed by atoms with van der Waals surface area (Å²) in [7, 11) is 0. The Hall–Kier alpha value is -2.64. The molecule has 0 bridgehead atoms. The summed E-state index contributed by atoms with van der Waals surface area (Å²) in [6.07, 6.45) is 3.79. The maximum absolute atomic E-state index is 12.8. The Morgan fingerprint density at radius 1 is 0.639 bits per heavy atom. The minimum Gasteiger partial charge on any atom is -0.493 e. The molecule has 0 saturated carbocycles. The third kappa shape index (κ3) is 3.97. The van der Waals surface area contributed by atoms with Crippen LogP contribution in [0.2, 0.25) is 0 Å². The number of aliphatic hydroxyl groups is 2. The molecular weight excluding hydrogens is 488 g/mol. The van der Waals surface area contributed by atoms with Gasteiger partial charge in [0, 0.05) is 32.0 Å². The Morgan fingerprint density at radius 3 is 1.44 bits per heavy atom. The number of hydrogen-bond donors (Lipinski definition) is 2. The molecule has 4 aromatic rings. The zero-order valence-corrected chi connectivity index (χ0v) is 22.3. The van der Waals surface area contributed by atoms with Crippen molar-refractivity contribution >= 4 is 22.7 Å². The number of fused-ring (bicyclic) bond motifs is 2. The van der Waals surface area contributed by atoms with E-state index in [1.54, 1.807) is 0 Å². The third-order valence-electron chi connectivity index (χ3n) is 6.83. The lowest BCUT2D eigenvalue weighted by Crippen LogP contribution is -2.44. The van der Waals surface area contributed by atoms with Crippen molar-refractivity contribution in [3.63, 3.8) is 0 Å². The van der Waals surface area contributed by atoms with Gasteiger partial charge in [-0.1, -0.05) is 63.1 Å². The maximum Gasteiger partial charge on any atom is 0.154 e. The highest BCUT2D eigenvalue weighted by Crippen LogP contribution is 2.59. The Labute approximate surface area is 220 Å². The first-order chi connectivity index (χ1) is 17.6. The fourth-order valence-corrected chi connectivity index (χ4v) is 6.73. The van der Waals surface area contributed by atoms with Crippen molar-refractivity contribution < 1.29 is 19.7 Å². The van der Waals surface area contributed by atoms with E-state index in [4.69, 9.17) is 9.47 Å². The van der Waals surface area contributed by atoms with Crippen molar-refractivity contribution in [3.05, 3.63) is 103 Å². The molecule has 0 fully saturated rings. The van der Waals surface area contributed by atoms with E-state index in [1.165, 1.54) is 22.7 Å². The SMILES string of the molecule is CCCCOc1ccc(OCCCC)c2c1[C@@](O)(c1cccs1)c1ccccc1[C@]2(O)c1cccs1. The summed E-state index contributed by atoms with van der Waals surface area (Å²) in [6.45, 7) is 5.30. The minimum absolute atomic E-state index is 0.526. The predicted octanol–water partition coefficient (Wildman–Crippen LogP) is 7.05. The smallest absolute Gasteiger partial charge is 0.154 e. The number of rotatable bonds is 10. The van der Waals surface area contributed by atoms with E-state index in [1.807, 2.05) is 71.4 Å². The zero-order chi connectivity index (χ0) is 25.2. The van der Waals surface area contributed by atoms with Gasteiger partial charge in [0.2, 0.25) is 0 Å². The summed E-state index contributed by atoms with van der Waals surface area (Å²) in [6, 6.07) is 19.2. The van der Waals surface area contributed by atoms with Crippen LogP contribution in [0.1, 0.15) is 71.5 Å². The van der Waals surface area contributed by atoms with Crippen LogP contribution in [0.4, 0.5) is 0 Å². The molecule has 2 aromatic carbocycles. The Bertz CT molecular complexity index is 1200. The molecule has 0 radical (unpaired) electrons. The third-order valence-corrected chi connectivity index (χ3v) is 8.78. The second kappa shape index (κ2) is 10.4. The standard InChI is InChI=1S/C30H32O4S2/c1-3-5-17-33-23-15-16-24(34-18-6-4-2)28-27(23)29(31,25-13-9-19-35-25)21-11-7-8-12-22(21)30(28,32)26-14-10-20-36-26/h7-16,19-20,31-32H,3-6,17-18H2,1-2H3/t29-,30-/m0/s1. The molecular formula is C30H32O4S2. The van der Waals surface area contributed by atoms with Crippen LogP contribution in [0.15, 0.2) is 71.4 Å². The number of ether oxygens (including phenoxy) is 2. The monoisotopic (exact) mass is 520 g/mol. The fourth-order valence-electron chi connectivity index (χ4n) is 5.04. The van der Waals surface area contributed by atoms with Crippen molar-refractivity contribution in [3.8, 4) is 11.5 Å². The molecule has 2 N–H and O–H groups in total. The summed E-state index contributed by atoms with van der Waals surface area (Å²) < 4.78 is 12.7. The molecule has 6 heteroatoms. The zero-order valence-electron chi connectivity index (χ0n) is 20.7. The van der Waals surface area contributed by atoms with Crippen LogP contribution in [0, 0.1) is 0 Å². The fraction of sp³-hybridized carbons (Fsp3) is 0.333. The summed E-state index contributed by atoms with van der Waals surface area (Å²) >= 11 is 2.98. The molecule has 0 unspecified atom stereocenters. The van der Waals surface area contributed by atoms with E-state index in [0.29, 0.717) is 47.0 Å². The quantitative estimate of drug-likeness (QED) is 0.220. The van der Waals surface area contributed by atoms with E-state index in [-0.39, 0.29) is 0 Å². The second-order valence-corrected chi connectivity index (χ2v) is 11.0. The Morgan fingerprint density at radius 2 is 1.08 bits per heavy atom. The average Bonchev–Trinajstić information content (AvgIpc) is 3.63. The van der Waals surface area contributed by atoms with Crippen LogP contribution < -0.4 is 9.47 Å². The first kappa shape index (κ1) is 25.0. The molecule has 2 aromatic heterocycles. The molecule has 2 atom stereocenters. The largest absolute Gasteiger partial charge is 0.493 e. The van der Waals surface area contributed by atoms with Gasteiger partial charge in [-0.2, -0.15) is 0 Å². The number of thiophene rings is 2. The topological polar surface area (TPSA) is 58.9 Å². The van der Waals surface area contributed by atoms with Crippen molar-refractivity contribution in [1.82, 2.24) is 0 Å². The lowest BCUT2D eigenvalue weighted by Gasteiger charge is -2.45. The van der Waals surface area contributed by atoms with E-state index < -0.39 is 11.2 Å². The summed E-state index contributed by atoms with van der Waals surface area (Å²) in [4.78, 5) is 1.55. The van der Waals surface area contributed by atoms with Crippen molar-refractivity contribution in [2.24, 2.45) is 0 Å². The molecule has 4 nitrogen and oxygen atoms in total. The van der Waals surface area contributed by atoms with Crippen molar-refractivity contribution in [1.29, 1.82) is 0 Å². The van der Waals surface area contributed by atoms with Gasteiger partial charge in [0.25, 0.3) is 0 Å². The average molecular weight is 521 g/mol. The van der Waals surface area contributed by atoms with Gasteiger partial charge in [-0.15, -0.1) is 22.7 Å².